The van der Waals surface area contributed by atoms with Crippen LogP contribution in [0.4, 0.5) is 0 Å². The zero-order chi connectivity index (χ0) is 20.2. The van der Waals surface area contributed by atoms with Crippen LogP contribution in [-0.2, 0) is 17.6 Å². The first-order chi connectivity index (χ1) is 14.2. The van der Waals surface area contributed by atoms with Crippen LogP contribution in [0.15, 0.2) is 59.6 Å². The molecule has 0 aliphatic heterocycles. The smallest absolute Gasteiger partial charge is 0.274 e. The summed E-state index contributed by atoms with van der Waals surface area (Å²) in [5, 5.41) is 12.0. The van der Waals surface area contributed by atoms with Crippen LogP contribution in [0.25, 0.3) is 10.8 Å². The van der Waals surface area contributed by atoms with Crippen molar-refractivity contribution in [2.24, 2.45) is 0 Å². The Balaban J connectivity index is 1.61. The minimum Gasteiger partial charge on any atom is -0.360 e. The maximum atomic E-state index is 13.0. The predicted octanol–water partition coefficient (Wildman–Crippen LogP) is 3.48. The quantitative estimate of drug-likeness (QED) is 0.632. The number of carbonyl (C=O) groups excluding carboxylic acids is 2. The molecule has 1 heterocycles. The highest BCUT2D eigenvalue weighted by Crippen LogP contribution is 2.25. The van der Waals surface area contributed by atoms with Gasteiger partial charge in [-0.05, 0) is 47.7 Å². The Morgan fingerprint density at radius 2 is 1.93 bits per heavy atom. The minimum absolute atomic E-state index is 0.245. The van der Waals surface area contributed by atoms with E-state index in [0.717, 1.165) is 53.3 Å². The van der Waals surface area contributed by atoms with Gasteiger partial charge in [-0.15, -0.1) is 0 Å². The summed E-state index contributed by atoms with van der Waals surface area (Å²) >= 11 is 0. The van der Waals surface area contributed by atoms with Crippen LogP contribution >= 0.6 is 0 Å². The lowest BCUT2D eigenvalue weighted by Crippen LogP contribution is -2.37. The lowest BCUT2D eigenvalue weighted by Gasteiger charge is -2.20. The zero-order valence-electron chi connectivity index (χ0n) is 16.1. The first-order valence-corrected chi connectivity index (χ1v) is 9.83. The van der Waals surface area contributed by atoms with E-state index in [4.69, 9.17) is 4.52 Å². The summed E-state index contributed by atoms with van der Waals surface area (Å²) in [5.41, 5.74) is 2.15. The topological polar surface area (TPSA) is 84.2 Å². The summed E-state index contributed by atoms with van der Waals surface area (Å²) in [5.74, 6) is 0.232. The average Bonchev–Trinajstić information content (AvgIpc) is 3.20. The Kier molecular flexibility index (Phi) is 5.42. The van der Waals surface area contributed by atoms with Crippen molar-refractivity contribution < 1.29 is 14.1 Å². The molecule has 0 radical (unpaired) electrons. The second-order valence-electron chi connectivity index (χ2n) is 7.22. The fraction of sp³-hybridized carbons (Fsp3) is 0.261. The predicted molar refractivity (Wildman–Crippen MR) is 111 cm³/mol. The summed E-state index contributed by atoms with van der Waals surface area (Å²) < 4.78 is 5.37. The molecule has 6 heteroatoms. The van der Waals surface area contributed by atoms with Crippen molar-refractivity contribution in [2.75, 3.05) is 6.54 Å². The molecule has 3 aromatic rings. The molecule has 1 atom stereocenters. The van der Waals surface area contributed by atoms with Gasteiger partial charge in [0.1, 0.15) is 5.76 Å². The van der Waals surface area contributed by atoms with Crippen LogP contribution < -0.4 is 10.6 Å². The van der Waals surface area contributed by atoms with Gasteiger partial charge in [-0.1, -0.05) is 48.1 Å². The fourth-order valence-electron chi connectivity index (χ4n) is 3.74. The van der Waals surface area contributed by atoms with E-state index in [1.54, 1.807) is 0 Å². The highest BCUT2D eigenvalue weighted by atomic mass is 16.5. The molecule has 2 aromatic carbocycles. The molecule has 1 aromatic heterocycles. The van der Waals surface area contributed by atoms with E-state index in [2.05, 4.69) is 22.4 Å². The Bertz CT molecular complexity index is 1070. The van der Waals surface area contributed by atoms with E-state index in [0.29, 0.717) is 5.69 Å². The molecule has 6 nitrogen and oxygen atoms in total. The second-order valence-corrected chi connectivity index (χ2v) is 7.22. The lowest BCUT2D eigenvalue weighted by atomic mass is 9.96. The molecule has 2 amide bonds. The monoisotopic (exact) mass is 389 g/mol. The van der Waals surface area contributed by atoms with E-state index in [9.17, 15) is 9.59 Å². The number of fused-ring (bicyclic) bond motifs is 2. The van der Waals surface area contributed by atoms with Crippen LogP contribution in [0.1, 0.15) is 46.3 Å². The van der Waals surface area contributed by atoms with Crippen molar-refractivity contribution in [2.45, 2.75) is 31.7 Å². The van der Waals surface area contributed by atoms with Crippen molar-refractivity contribution in [1.29, 1.82) is 0 Å². The van der Waals surface area contributed by atoms with Gasteiger partial charge in [-0.3, -0.25) is 9.59 Å². The van der Waals surface area contributed by atoms with Gasteiger partial charge in [-0.25, -0.2) is 0 Å². The minimum atomic E-state index is -0.410. The van der Waals surface area contributed by atoms with Crippen molar-refractivity contribution in [1.82, 2.24) is 15.8 Å². The van der Waals surface area contributed by atoms with Crippen molar-refractivity contribution in [3.8, 4) is 0 Å². The molecule has 148 valence electrons. The summed E-state index contributed by atoms with van der Waals surface area (Å²) in [6, 6.07) is 13.6. The number of rotatable bonds is 6. The third-order valence-electron chi connectivity index (χ3n) is 5.31. The van der Waals surface area contributed by atoms with Crippen LogP contribution in [0.5, 0.6) is 0 Å². The van der Waals surface area contributed by atoms with E-state index in [1.807, 2.05) is 42.5 Å². The number of carbonyl (C=O) groups is 2. The number of nitrogens with one attached hydrogen (secondary N) is 2. The summed E-state index contributed by atoms with van der Waals surface area (Å²) in [6.07, 6.45) is 4.91. The van der Waals surface area contributed by atoms with Crippen LogP contribution in [0, 0.1) is 0 Å². The second kappa shape index (κ2) is 8.31. The Morgan fingerprint density at radius 3 is 2.76 bits per heavy atom. The SMILES string of the molecule is C=CC(=O)NCC(NC(=O)c1noc2c1CCCC2)c1ccc2ccccc2c1. The van der Waals surface area contributed by atoms with Gasteiger partial charge in [0.05, 0.1) is 6.04 Å². The molecule has 0 spiro atoms. The average molecular weight is 389 g/mol. The van der Waals surface area contributed by atoms with Gasteiger partial charge in [0.15, 0.2) is 5.69 Å². The van der Waals surface area contributed by atoms with Gasteiger partial charge >= 0.3 is 0 Å². The van der Waals surface area contributed by atoms with Gasteiger partial charge in [0.2, 0.25) is 5.91 Å². The molecule has 0 saturated carbocycles. The Hall–Kier alpha value is -3.41. The summed E-state index contributed by atoms with van der Waals surface area (Å²) in [7, 11) is 0. The van der Waals surface area contributed by atoms with Gasteiger partial charge < -0.3 is 15.2 Å². The van der Waals surface area contributed by atoms with Gasteiger partial charge in [-0.2, -0.15) is 0 Å². The van der Waals surface area contributed by atoms with Crippen LogP contribution in [-0.4, -0.2) is 23.5 Å². The Labute approximate surface area is 169 Å². The molecule has 4 rings (SSSR count). The number of benzene rings is 2. The van der Waals surface area contributed by atoms with E-state index in [-0.39, 0.29) is 18.4 Å². The number of aryl methyl sites for hydroxylation is 1. The normalized spacial score (nSPS) is 14.1. The third-order valence-corrected chi connectivity index (χ3v) is 5.31. The molecular weight excluding hydrogens is 366 g/mol. The summed E-state index contributed by atoms with van der Waals surface area (Å²) in [6.45, 7) is 3.73. The number of amides is 2. The molecule has 1 unspecified atom stereocenters. The molecular formula is C23H23N3O3. The van der Waals surface area contributed by atoms with Crippen molar-refractivity contribution in [3.63, 3.8) is 0 Å². The maximum Gasteiger partial charge on any atom is 0.274 e. The fourth-order valence-corrected chi connectivity index (χ4v) is 3.74. The van der Waals surface area contributed by atoms with Gasteiger partial charge in [0.25, 0.3) is 5.91 Å². The number of aromatic nitrogens is 1. The van der Waals surface area contributed by atoms with Crippen LogP contribution in [0.2, 0.25) is 0 Å². The molecule has 2 N–H and O–H groups in total. The van der Waals surface area contributed by atoms with Crippen molar-refractivity contribution in [3.05, 3.63) is 77.7 Å². The molecule has 0 saturated heterocycles. The Morgan fingerprint density at radius 1 is 1.14 bits per heavy atom. The highest BCUT2D eigenvalue weighted by Gasteiger charge is 2.26. The lowest BCUT2D eigenvalue weighted by molar-refractivity contribution is -0.116. The van der Waals surface area contributed by atoms with Gasteiger partial charge in [0, 0.05) is 18.5 Å². The largest absolute Gasteiger partial charge is 0.360 e. The molecule has 1 aliphatic rings. The standard InChI is InChI=1S/C23H23N3O3/c1-2-21(27)24-14-19(17-12-11-15-7-3-4-8-16(15)13-17)25-23(28)22-18-9-5-6-10-20(18)29-26-22/h2-4,7-8,11-13,19H,1,5-6,9-10,14H2,(H,24,27)(H,25,28). The zero-order valence-corrected chi connectivity index (χ0v) is 16.1. The first-order valence-electron chi connectivity index (χ1n) is 9.83. The number of hydrogen-bond donors (Lipinski definition) is 2. The van der Waals surface area contributed by atoms with Crippen LogP contribution in [0.3, 0.4) is 0 Å². The highest BCUT2D eigenvalue weighted by molar-refractivity contribution is 5.94. The van der Waals surface area contributed by atoms with E-state index in [1.165, 1.54) is 6.08 Å². The van der Waals surface area contributed by atoms with E-state index >= 15 is 0 Å². The molecule has 0 bridgehead atoms. The molecule has 1 aliphatic carbocycles. The third kappa shape index (κ3) is 4.06. The summed E-state index contributed by atoms with van der Waals surface area (Å²) in [4.78, 5) is 24.7. The molecule has 29 heavy (non-hydrogen) atoms. The molecule has 0 fully saturated rings. The number of hydrogen-bond acceptors (Lipinski definition) is 4. The maximum absolute atomic E-state index is 13.0. The van der Waals surface area contributed by atoms with E-state index < -0.39 is 6.04 Å². The first kappa shape index (κ1) is 18.9. The number of nitrogens with zero attached hydrogens (tertiary/aromatic N) is 1. The van der Waals surface area contributed by atoms with Crippen molar-refractivity contribution >= 4 is 22.6 Å².